The first-order chi connectivity index (χ1) is 14.0. The van der Waals surface area contributed by atoms with Crippen LogP contribution in [0.2, 0.25) is 5.02 Å². The molecule has 0 aliphatic carbocycles. The van der Waals surface area contributed by atoms with Gasteiger partial charge in [-0.1, -0.05) is 48.0 Å². The van der Waals surface area contributed by atoms with Gasteiger partial charge in [0, 0.05) is 48.6 Å². The van der Waals surface area contributed by atoms with Crippen LogP contribution in [0.4, 0.5) is 5.69 Å². The Balaban J connectivity index is 1.47. The number of halogens is 1. The third-order valence-corrected chi connectivity index (χ3v) is 5.39. The third-order valence-electron chi connectivity index (χ3n) is 5.16. The highest BCUT2D eigenvalue weighted by atomic mass is 35.5. The predicted octanol–water partition coefficient (Wildman–Crippen LogP) is 3.36. The molecule has 1 aliphatic heterocycles. The topological polar surface area (TPSA) is 69.3 Å². The van der Waals surface area contributed by atoms with Gasteiger partial charge < -0.3 is 14.8 Å². The average molecular weight is 409 g/mol. The van der Waals surface area contributed by atoms with Crippen LogP contribution in [0, 0.1) is 6.92 Å². The van der Waals surface area contributed by atoms with Crippen molar-refractivity contribution in [2.24, 2.45) is 0 Å². The summed E-state index contributed by atoms with van der Waals surface area (Å²) in [6.45, 7) is 4.47. The Labute approximate surface area is 173 Å². The summed E-state index contributed by atoms with van der Waals surface area (Å²) in [5.74, 6) is 0.161. The highest BCUT2D eigenvalue weighted by Crippen LogP contribution is 2.25. The van der Waals surface area contributed by atoms with Crippen LogP contribution in [-0.2, 0) is 0 Å². The van der Waals surface area contributed by atoms with E-state index in [0.29, 0.717) is 37.0 Å². The summed E-state index contributed by atoms with van der Waals surface area (Å²) in [7, 11) is 0. The van der Waals surface area contributed by atoms with Gasteiger partial charge in [-0.25, -0.2) is 4.98 Å². The van der Waals surface area contributed by atoms with E-state index >= 15 is 0 Å². The van der Waals surface area contributed by atoms with Gasteiger partial charge in [0.1, 0.15) is 11.4 Å². The van der Waals surface area contributed by atoms with Crippen molar-refractivity contribution in [3.63, 3.8) is 0 Å². The largest absolute Gasteiger partial charge is 0.368 e. The van der Waals surface area contributed by atoms with Gasteiger partial charge in [-0.2, -0.15) is 0 Å². The Morgan fingerprint density at radius 2 is 1.79 bits per heavy atom. The minimum absolute atomic E-state index is 0.0667. The molecule has 1 fully saturated rings. The summed E-state index contributed by atoms with van der Waals surface area (Å²) in [6, 6.07) is 15.2. The molecule has 29 heavy (non-hydrogen) atoms. The SMILES string of the molecule is Cc1ccc(Cl)cc1N1CCN(C(=O)c2cnc(-c3ccccc3)[nH]c2=O)CC1. The molecule has 0 unspecified atom stereocenters. The van der Waals surface area contributed by atoms with E-state index in [1.54, 1.807) is 4.90 Å². The lowest BCUT2D eigenvalue weighted by atomic mass is 10.1. The van der Waals surface area contributed by atoms with Crippen LogP contribution in [0.5, 0.6) is 0 Å². The number of aryl methyl sites for hydroxylation is 1. The molecule has 0 spiro atoms. The van der Waals surface area contributed by atoms with E-state index in [1.165, 1.54) is 6.20 Å². The molecule has 0 bridgehead atoms. The lowest BCUT2D eigenvalue weighted by Crippen LogP contribution is -2.49. The van der Waals surface area contributed by atoms with Gasteiger partial charge in [0.25, 0.3) is 11.5 Å². The number of benzene rings is 2. The second kappa shape index (κ2) is 8.09. The first kappa shape index (κ1) is 19.2. The highest BCUT2D eigenvalue weighted by molar-refractivity contribution is 6.30. The molecule has 7 heteroatoms. The molecule has 2 aromatic carbocycles. The molecule has 1 aromatic heterocycles. The summed E-state index contributed by atoms with van der Waals surface area (Å²) in [5.41, 5.74) is 2.67. The van der Waals surface area contributed by atoms with Crippen molar-refractivity contribution in [3.8, 4) is 11.4 Å². The molecule has 1 amide bonds. The summed E-state index contributed by atoms with van der Waals surface area (Å²) in [4.78, 5) is 36.3. The van der Waals surface area contributed by atoms with Crippen LogP contribution in [0.25, 0.3) is 11.4 Å². The Morgan fingerprint density at radius 3 is 2.48 bits per heavy atom. The van der Waals surface area contributed by atoms with Crippen molar-refractivity contribution in [2.45, 2.75) is 6.92 Å². The van der Waals surface area contributed by atoms with Gasteiger partial charge in [-0.3, -0.25) is 9.59 Å². The normalized spacial score (nSPS) is 14.1. The highest BCUT2D eigenvalue weighted by Gasteiger charge is 2.25. The van der Waals surface area contributed by atoms with Crippen molar-refractivity contribution in [2.75, 3.05) is 31.1 Å². The summed E-state index contributed by atoms with van der Waals surface area (Å²) in [5, 5.41) is 0.695. The second-order valence-electron chi connectivity index (χ2n) is 7.05. The van der Waals surface area contributed by atoms with E-state index in [0.717, 1.165) is 16.8 Å². The number of nitrogens with one attached hydrogen (secondary N) is 1. The fourth-order valence-corrected chi connectivity index (χ4v) is 3.70. The maximum atomic E-state index is 12.9. The molecule has 148 valence electrons. The zero-order chi connectivity index (χ0) is 20.4. The number of nitrogens with zero attached hydrogens (tertiary/aromatic N) is 3. The van der Waals surface area contributed by atoms with E-state index in [9.17, 15) is 9.59 Å². The van der Waals surface area contributed by atoms with Crippen LogP contribution in [0.1, 0.15) is 15.9 Å². The number of hydrogen-bond donors (Lipinski definition) is 1. The molecule has 0 saturated carbocycles. The quantitative estimate of drug-likeness (QED) is 0.721. The Kier molecular flexibility index (Phi) is 5.36. The van der Waals surface area contributed by atoms with Gasteiger partial charge in [0.2, 0.25) is 0 Å². The third kappa shape index (κ3) is 4.03. The smallest absolute Gasteiger partial charge is 0.264 e. The van der Waals surface area contributed by atoms with Crippen molar-refractivity contribution in [3.05, 3.63) is 81.2 Å². The number of rotatable bonds is 3. The molecule has 0 radical (unpaired) electrons. The lowest BCUT2D eigenvalue weighted by Gasteiger charge is -2.36. The van der Waals surface area contributed by atoms with Crippen LogP contribution in [-0.4, -0.2) is 47.0 Å². The average Bonchev–Trinajstić information content (AvgIpc) is 2.76. The van der Waals surface area contributed by atoms with Crippen LogP contribution >= 0.6 is 11.6 Å². The maximum absolute atomic E-state index is 12.9. The number of carbonyl (C=O) groups is 1. The molecule has 6 nitrogen and oxygen atoms in total. The second-order valence-corrected chi connectivity index (χ2v) is 7.49. The van der Waals surface area contributed by atoms with Crippen LogP contribution in [0.15, 0.2) is 59.5 Å². The molecule has 4 rings (SSSR count). The zero-order valence-electron chi connectivity index (χ0n) is 16.1. The van der Waals surface area contributed by atoms with E-state index in [-0.39, 0.29) is 11.5 Å². The van der Waals surface area contributed by atoms with Gasteiger partial charge in [-0.05, 0) is 24.6 Å². The standard InChI is InChI=1S/C22H21ClN4O2/c1-15-7-8-17(23)13-19(15)26-9-11-27(12-10-26)22(29)18-14-24-20(25-21(18)28)16-5-3-2-4-6-16/h2-8,13-14H,9-12H2,1H3,(H,24,25,28). The number of aromatic amines is 1. The van der Waals surface area contributed by atoms with E-state index in [4.69, 9.17) is 11.6 Å². The molecule has 1 saturated heterocycles. The Bertz CT molecular complexity index is 1090. The number of piperazine rings is 1. The monoisotopic (exact) mass is 408 g/mol. The predicted molar refractivity (Wildman–Crippen MR) is 115 cm³/mol. The number of carbonyl (C=O) groups excluding carboxylic acids is 1. The number of amides is 1. The lowest BCUT2D eigenvalue weighted by molar-refractivity contribution is 0.0744. The minimum Gasteiger partial charge on any atom is -0.368 e. The minimum atomic E-state index is -0.419. The molecular weight excluding hydrogens is 388 g/mol. The fraction of sp³-hybridized carbons (Fsp3) is 0.227. The van der Waals surface area contributed by atoms with Gasteiger partial charge in [0.15, 0.2) is 0 Å². The molecule has 3 aromatic rings. The summed E-state index contributed by atoms with van der Waals surface area (Å²) < 4.78 is 0. The number of H-pyrrole nitrogens is 1. The molecule has 1 N–H and O–H groups in total. The van der Waals surface area contributed by atoms with Crippen molar-refractivity contribution in [1.29, 1.82) is 0 Å². The van der Waals surface area contributed by atoms with Crippen LogP contribution in [0.3, 0.4) is 0 Å². The van der Waals surface area contributed by atoms with Gasteiger partial charge in [-0.15, -0.1) is 0 Å². The Hall–Kier alpha value is -3.12. The van der Waals surface area contributed by atoms with Gasteiger partial charge in [0.05, 0.1) is 0 Å². The molecule has 2 heterocycles. The number of hydrogen-bond acceptors (Lipinski definition) is 4. The van der Waals surface area contributed by atoms with Crippen molar-refractivity contribution < 1.29 is 4.79 Å². The Morgan fingerprint density at radius 1 is 1.07 bits per heavy atom. The van der Waals surface area contributed by atoms with Crippen molar-refractivity contribution in [1.82, 2.24) is 14.9 Å². The summed E-state index contributed by atoms with van der Waals surface area (Å²) >= 11 is 6.13. The zero-order valence-corrected chi connectivity index (χ0v) is 16.8. The number of aromatic nitrogens is 2. The van der Waals surface area contributed by atoms with Crippen molar-refractivity contribution >= 4 is 23.2 Å². The number of anilines is 1. The van der Waals surface area contributed by atoms with E-state index in [1.807, 2.05) is 55.5 Å². The van der Waals surface area contributed by atoms with E-state index in [2.05, 4.69) is 14.9 Å². The molecule has 1 aliphatic rings. The molecule has 0 atom stereocenters. The first-order valence-electron chi connectivity index (χ1n) is 9.48. The fourth-order valence-electron chi connectivity index (χ4n) is 3.53. The van der Waals surface area contributed by atoms with Gasteiger partial charge >= 0.3 is 0 Å². The van der Waals surface area contributed by atoms with E-state index < -0.39 is 5.56 Å². The first-order valence-corrected chi connectivity index (χ1v) is 9.86. The summed E-state index contributed by atoms with van der Waals surface area (Å²) in [6.07, 6.45) is 1.37. The molecular formula is C22H21ClN4O2. The van der Waals surface area contributed by atoms with Crippen LogP contribution < -0.4 is 10.5 Å². The maximum Gasteiger partial charge on any atom is 0.264 e.